The molecule has 94 valence electrons. The van der Waals surface area contributed by atoms with Crippen LogP contribution >= 0.6 is 0 Å². The lowest BCUT2D eigenvalue weighted by Gasteiger charge is -2.42. The minimum absolute atomic E-state index is 0.0109. The van der Waals surface area contributed by atoms with E-state index in [0.717, 1.165) is 18.7 Å². The molecule has 1 aromatic rings. The van der Waals surface area contributed by atoms with Gasteiger partial charge in [-0.1, -0.05) is 26.0 Å². The molecule has 1 N–H and O–H groups in total. The van der Waals surface area contributed by atoms with Crippen molar-refractivity contribution in [2.75, 3.05) is 13.1 Å². The van der Waals surface area contributed by atoms with Crippen LogP contribution in [0.2, 0.25) is 0 Å². The zero-order valence-corrected chi connectivity index (χ0v) is 10.7. The molecule has 2 atom stereocenters. The Balaban J connectivity index is 2.15. The molecule has 0 bridgehead atoms. The van der Waals surface area contributed by atoms with Gasteiger partial charge in [0, 0.05) is 13.1 Å². The Morgan fingerprint density at radius 3 is 2.59 bits per heavy atom. The summed E-state index contributed by atoms with van der Waals surface area (Å²) < 4.78 is 19.1. The van der Waals surface area contributed by atoms with E-state index in [0.29, 0.717) is 5.92 Å². The molecular weight excluding hydrogens is 217 g/mol. The van der Waals surface area contributed by atoms with E-state index in [1.807, 2.05) is 0 Å². The minimum Gasteiger partial charge on any atom is -0.364 e. The highest BCUT2D eigenvalue weighted by Gasteiger charge is 2.36. The summed E-state index contributed by atoms with van der Waals surface area (Å²) in [6, 6.07) is 6.57. The van der Waals surface area contributed by atoms with Crippen molar-refractivity contribution in [3.05, 3.63) is 35.6 Å². The maximum Gasteiger partial charge on any atom is 0.123 e. The molecule has 1 fully saturated rings. The van der Waals surface area contributed by atoms with Gasteiger partial charge in [-0.25, -0.2) is 4.39 Å². The van der Waals surface area contributed by atoms with E-state index in [2.05, 4.69) is 26.1 Å². The van der Waals surface area contributed by atoms with E-state index >= 15 is 0 Å². The third kappa shape index (κ3) is 2.67. The number of ether oxygens (including phenoxy) is 1. The van der Waals surface area contributed by atoms with Crippen LogP contribution in [0.15, 0.2) is 24.3 Å². The Kier molecular flexibility index (Phi) is 3.50. The van der Waals surface area contributed by atoms with Gasteiger partial charge < -0.3 is 10.1 Å². The van der Waals surface area contributed by atoms with Crippen molar-refractivity contribution in [3.8, 4) is 0 Å². The molecule has 2 rings (SSSR count). The Morgan fingerprint density at radius 1 is 1.35 bits per heavy atom. The van der Waals surface area contributed by atoms with E-state index in [9.17, 15) is 4.39 Å². The first-order valence-electron chi connectivity index (χ1n) is 6.15. The molecule has 0 amide bonds. The first kappa shape index (κ1) is 12.5. The fourth-order valence-corrected chi connectivity index (χ4v) is 2.06. The lowest BCUT2D eigenvalue weighted by molar-refractivity contribution is -0.132. The molecule has 2 unspecified atom stereocenters. The number of halogens is 1. The molecule has 1 heterocycles. The molecular formula is C14H20FNO. The molecule has 0 aromatic heterocycles. The fraction of sp³-hybridized carbons (Fsp3) is 0.571. The van der Waals surface area contributed by atoms with Gasteiger partial charge in [0.15, 0.2) is 0 Å². The third-order valence-corrected chi connectivity index (χ3v) is 3.68. The van der Waals surface area contributed by atoms with Gasteiger partial charge in [0.25, 0.3) is 0 Å². The summed E-state index contributed by atoms with van der Waals surface area (Å²) in [6.45, 7) is 8.10. The fourth-order valence-electron chi connectivity index (χ4n) is 2.06. The van der Waals surface area contributed by atoms with E-state index in [4.69, 9.17) is 4.74 Å². The Bertz CT molecular complexity index is 376. The van der Waals surface area contributed by atoms with Crippen molar-refractivity contribution in [2.24, 2.45) is 5.92 Å². The lowest BCUT2D eigenvalue weighted by Crippen LogP contribution is -2.52. The van der Waals surface area contributed by atoms with Crippen molar-refractivity contribution in [3.63, 3.8) is 0 Å². The quantitative estimate of drug-likeness (QED) is 0.854. The lowest BCUT2D eigenvalue weighted by atomic mass is 9.90. The van der Waals surface area contributed by atoms with Crippen LogP contribution in [0, 0.1) is 11.7 Å². The van der Waals surface area contributed by atoms with Gasteiger partial charge in [0.2, 0.25) is 0 Å². The number of benzene rings is 1. The second-order valence-corrected chi connectivity index (χ2v) is 5.26. The van der Waals surface area contributed by atoms with Crippen molar-refractivity contribution in [2.45, 2.75) is 32.5 Å². The summed E-state index contributed by atoms with van der Waals surface area (Å²) in [5.41, 5.74) is 0.877. The van der Waals surface area contributed by atoms with Crippen molar-refractivity contribution in [1.29, 1.82) is 0 Å². The van der Waals surface area contributed by atoms with E-state index < -0.39 is 0 Å². The molecule has 1 aliphatic rings. The average Bonchev–Trinajstić information content (AvgIpc) is 2.30. The molecule has 0 radical (unpaired) electrons. The number of morpholine rings is 1. The third-order valence-electron chi connectivity index (χ3n) is 3.68. The maximum absolute atomic E-state index is 12.9. The molecule has 3 heteroatoms. The van der Waals surface area contributed by atoms with Crippen LogP contribution in [0.5, 0.6) is 0 Å². The predicted octanol–water partition coefficient (Wildman–Crippen LogP) is 2.90. The summed E-state index contributed by atoms with van der Waals surface area (Å²) in [4.78, 5) is 0. The normalized spacial score (nSPS) is 29.6. The van der Waals surface area contributed by atoms with E-state index in [1.165, 1.54) is 12.1 Å². The summed E-state index contributed by atoms with van der Waals surface area (Å²) in [5.74, 6) is 0.238. The number of nitrogens with one attached hydrogen (secondary N) is 1. The first-order chi connectivity index (χ1) is 8.01. The Labute approximate surface area is 102 Å². The molecule has 1 saturated heterocycles. The summed E-state index contributed by atoms with van der Waals surface area (Å²) in [7, 11) is 0. The van der Waals surface area contributed by atoms with Crippen LogP contribution in [0.25, 0.3) is 0 Å². The second kappa shape index (κ2) is 4.75. The van der Waals surface area contributed by atoms with Gasteiger partial charge in [-0.2, -0.15) is 0 Å². The number of hydrogen-bond donors (Lipinski definition) is 1. The minimum atomic E-state index is -0.205. The highest BCUT2D eigenvalue weighted by atomic mass is 19.1. The molecule has 0 saturated carbocycles. The highest BCUT2D eigenvalue weighted by Crippen LogP contribution is 2.31. The second-order valence-electron chi connectivity index (χ2n) is 5.26. The topological polar surface area (TPSA) is 21.3 Å². The Morgan fingerprint density at radius 2 is 2.00 bits per heavy atom. The van der Waals surface area contributed by atoms with Gasteiger partial charge in [-0.15, -0.1) is 0 Å². The zero-order chi connectivity index (χ0) is 12.5. The van der Waals surface area contributed by atoms with Crippen molar-refractivity contribution in [1.82, 2.24) is 5.32 Å². The van der Waals surface area contributed by atoms with Crippen LogP contribution < -0.4 is 5.32 Å². The summed E-state index contributed by atoms with van der Waals surface area (Å²) in [5, 5.41) is 3.40. The van der Waals surface area contributed by atoms with Gasteiger partial charge in [-0.3, -0.25) is 0 Å². The van der Waals surface area contributed by atoms with Gasteiger partial charge in [-0.05, 0) is 30.5 Å². The standard InChI is InChI=1S/C14H20FNO/c1-10(2)14(3)9-16-8-13(17-14)11-4-6-12(15)7-5-11/h4-7,10,13,16H,8-9H2,1-3H3. The maximum atomic E-state index is 12.9. The molecule has 0 aliphatic carbocycles. The number of rotatable bonds is 2. The van der Waals surface area contributed by atoms with Crippen LogP contribution in [0.4, 0.5) is 4.39 Å². The largest absolute Gasteiger partial charge is 0.364 e. The van der Waals surface area contributed by atoms with Gasteiger partial charge in [0.05, 0.1) is 11.7 Å². The molecule has 0 spiro atoms. The van der Waals surface area contributed by atoms with Gasteiger partial charge in [0.1, 0.15) is 5.82 Å². The monoisotopic (exact) mass is 237 g/mol. The SMILES string of the molecule is CC(C)C1(C)CNCC(c2ccc(F)cc2)O1. The zero-order valence-electron chi connectivity index (χ0n) is 10.7. The number of hydrogen-bond acceptors (Lipinski definition) is 2. The first-order valence-corrected chi connectivity index (χ1v) is 6.15. The van der Waals surface area contributed by atoms with Crippen LogP contribution in [0.1, 0.15) is 32.4 Å². The van der Waals surface area contributed by atoms with E-state index in [-0.39, 0.29) is 17.5 Å². The Hall–Kier alpha value is -0.930. The molecule has 17 heavy (non-hydrogen) atoms. The van der Waals surface area contributed by atoms with Crippen molar-refractivity contribution < 1.29 is 9.13 Å². The highest BCUT2D eigenvalue weighted by molar-refractivity contribution is 5.20. The molecule has 2 nitrogen and oxygen atoms in total. The molecule has 1 aromatic carbocycles. The predicted molar refractivity (Wildman–Crippen MR) is 66.3 cm³/mol. The van der Waals surface area contributed by atoms with Crippen molar-refractivity contribution >= 4 is 0 Å². The van der Waals surface area contributed by atoms with Crippen LogP contribution in [0.3, 0.4) is 0 Å². The van der Waals surface area contributed by atoms with E-state index in [1.54, 1.807) is 12.1 Å². The smallest absolute Gasteiger partial charge is 0.123 e. The summed E-state index contributed by atoms with van der Waals surface area (Å²) >= 11 is 0. The average molecular weight is 237 g/mol. The molecule has 1 aliphatic heterocycles. The van der Waals surface area contributed by atoms with Crippen LogP contribution in [-0.2, 0) is 4.74 Å². The van der Waals surface area contributed by atoms with Gasteiger partial charge >= 0.3 is 0 Å². The summed E-state index contributed by atoms with van der Waals surface area (Å²) in [6.07, 6.45) is 0.0109. The van der Waals surface area contributed by atoms with Crippen LogP contribution in [-0.4, -0.2) is 18.7 Å².